The number of H-pyrrole nitrogens is 1. The van der Waals surface area contributed by atoms with Gasteiger partial charge in [0.1, 0.15) is 18.3 Å². The lowest BCUT2D eigenvalue weighted by atomic mass is 10.1. The third-order valence-corrected chi connectivity index (χ3v) is 3.14. The summed E-state index contributed by atoms with van der Waals surface area (Å²) in [6, 6.07) is 1.13. The molecule has 20 heavy (non-hydrogen) atoms. The van der Waals surface area contributed by atoms with Crippen molar-refractivity contribution >= 4 is 22.6 Å². The molecule has 1 aliphatic rings. The predicted octanol–water partition coefficient (Wildman–Crippen LogP) is -0.892. The van der Waals surface area contributed by atoms with Crippen LogP contribution in [-0.4, -0.2) is 38.1 Å². The average molecular weight is 390 g/mol. The molecule has 1 saturated heterocycles. The number of hydrogen-bond donors (Lipinski definition) is 3. The average Bonchev–Trinajstić information content (AvgIpc) is 2.68. The van der Waals surface area contributed by atoms with E-state index < -0.39 is 35.8 Å². The lowest BCUT2D eigenvalue weighted by molar-refractivity contribution is -0.0297. The van der Waals surface area contributed by atoms with E-state index in [2.05, 4.69) is 14.8 Å². The van der Waals surface area contributed by atoms with Gasteiger partial charge in [-0.25, -0.2) is 4.79 Å². The van der Waals surface area contributed by atoms with Gasteiger partial charge in [-0.3, -0.25) is 14.3 Å². The molecule has 0 radical (unpaired) electrons. The number of rotatable bonds is 2. The summed E-state index contributed by atoms with van der Waals surface area (Å²) in [5.41, 5.74) is -1.27. The number of allylic oxidation sites excluding steroid dienone is 1. The zero-order valence-corrected chi connectivity index (χ0v) is 12.2. The van der Waals surface area contributed by atoms with Crippen LogP contribution in [0.4, 0.5) is 0 Å². The molecule has 3 N–H and O–H groups in total. The minimum Gasteiger partial charge on any atom is -0.387 e. The number of ether oxygens (including phenoxy) is 1. The molecule has 106 valence electrons. The van der Waals surface area contributed by atoms with Crippen LogP contribution >= 0.6 is 22.6 Å². The molecule has 1 fully saturated rings. The molecular formula is C12H11IN2O5. The Hall–Kier alpha value is -1.41. The third kappa shape index (κ3) is 3.01. The van der Waals surface area contributed by atoms with Gasteiger partial charge in [0, 0.05) is 34.9 Å². The van der Waals surface area contributed by atoms with Crippen molar-refractivity contribution in [2.45, 2.75) is 24.5 Å². The van der Waals surface area contributed by atoms with Crippen LogP contribution in [0.15, 0.2) is 34.0 Å². The largest absolute Gasteiger partial charge is 0.387 e. The predicted molar refractivity (Wildman–Crippen MR) is 78.2 cm³/mol. The van der Waals surface area contributed by atoms with E-state index in [1.165, 1.54) is 18.3 Å². The fourth-order valence-electron chi connectivity index (χ4n) is 1.88. The molecule has 0 saturated carbocycles. The van der Waals surface area contributed by atoms with Crippen molar-refractivity contribution in [1.82, 2.24) is 9.55 Å². The zero-order chi connectivity index (χ0) is 14.7. The Morgan fingerprint density at radius 3 is 2.80 bits per heavy atom. The molecule has 0 bridgehead atoms. The smallest absolute Gasteiger partial charge is 0.330 e. The number of aromatic amines is 1. The van der Waals surface area contributed by atoms with Crippen molar-refractivity contribution in [2.24, 2.45) is 0 Å². The Kier molecular flexibility index (Phi) is 4.77. The van der Waals surface area contributed by atoms with Crippen LogP contribution in [0.3, 0.4) is 0 Å². The van der Waals surface area contributed by atoms with Crippen LogP contribution < -0.4 is 11.2 Å². The van der Waals surface area contributed by atoms with E-state index in [-0.39, 0.29) is 0 Å². The maximum atomic E-state index is 11.6. The minimum absolute atomic E-state index is 0.548. The van der Waals surface area contributed by atoms with E-state index in [9.17, 15) is 19.8 Å². The summed E-state index contributed by atoms with van der Waals surface area (Å²) in [5, 5.41) is 19.8. The molecule has 8 heteroatoms. The third-order valence-electron chi connectivity index (χ3n) is 2.82. The Labute approximate surface area is 127 Å². The summed E-state index contributed by atoms with van der Waals surface area (Å²) < 4.78 is 9.06. The molecule has 2 rings (SSSR count). The van der Waals surface area contributed by atoms with Crippen molar-refractivity contribution < 1.29 is 14.9 Å². The number of nitrogens with zero attached hydrogens (tertiary/aromatic N) is 1. The van der Waals surface area contributed by atoms with Gasteiger partial charge in [-0.2, -0.15) is 0 Å². The molecule has 0 spiro atoms. The maximum absolute atomic E-state index is 11.6. The summed E-state index contributed by atoms with van der Waals surface area (Å²) in [7, 11) is 0. The number of aromatic nitrogens is 2. The Morgan fingerprint density at radius 2 is 2.15 bits per heavy atom. The highest BCUT2D eigenvalue weighted by molar-refractivity contribution is 14.1. The molecule has 1 aliphatic heterocycles. The second-order valence-electron chi connectivity index (χ2n) is 4.09. The fourth-order valence-corrected chi connectivity index (χ4v) is 2.06. The first-order valence-corrected chi connectivity index (χ1v) is 6.73. The standard InChI is InChI=1S/C12H11IN2O5/c13-5-2-1-3-7-9(17)10(18)11(20-7)15-6-4-8(16)14-12(15)19/h1,3-4,6-7,9-11,17-18H,(H,14,16,19)/t7-,9-,10-,11-/m1/s1. The van der Waals surface area contributed by atoms with E-state index in [1.807, 2.05) is 22.6 Å². The van der Waals surface area contributed by atoms with Crippen LogP contribution in [0.1, 0.15) is 6.23 Å². The first-order valence-electron chi connectivity index (χ1n) is 5.65. The van der Waals surface area contributed by atoms with Crippen molar-refractivity contribution in [2.75, 3.05) is 0 Å². The Balaban J connectivity index is 2.27. The molecule has 0 aliphatic carbocycles. The lowest BCUT2D eigenvalue weighted by Crippen LogP contribution is -2.37. The van der Waals surface area contributed by atoms with Crippen LogP contribution in [-0.2, 0) is 4.74 Å². The Morgan fingerprint density at radius 1 is 1.40 bits per heavy atom. The van der Waals surface area contributed by atoms with Crippen molar-refractivity contribution in [3.63, 3.8) is 0 Å². The van der Waals surface area contributed by atoms with Gasteiger partial charge in [0.25, 0.3) is 5.56 Å². The summed E-state index contributed by atoms with van der Waals surface area (Å²) in [4.78, 5) is 24.7. The highest BCUT2D eigenvalue weighted by Crippen LogP contribution is 2.28. The molecule has 4 atom stereocenters. The minimum atomic E-state index is -1.29. The summed E-state index contributed by atoms with van der Waals surface area (Å²) in [5.74, 6) is 2.65. The number of aliphatic hydroxyl groups is 2. The number of aliphatic hydroxyl groups excluding tert-OH is 2. The van der Waals surface area contributed by atoms with E-state index in [0.717, 1.165) is 10.6 Å². The zero-order valence-electron chi connectivity index (χ0n) is 10.1. The van der Waals surface area contributed by atoms with Crippen LogP contribution in [0.25, 0.3) is 0 Å². The van der Waals surface area contributed by atoms with Gasteiger partial charge >= 0.3 is 5.69 Å². The van der Waals surface area contributed by atoms with Gasteiger partial charge in [0.15, 0.2) is 6.23 Å². The maximum Gasteiger partial charge on any atom is 0.330 e. The van der Waals surface area contributed by atoms with E-state index in [0.29, 0.717) is 0 Å². The van der Waals surface area contributed by atoms with Gasteiger partial charge in [-0.05, 0) is 16.1 Å². The SMILES string of the molecule is O=c1ccn([C@@H]2O[C@H](C=CC#CI)[C@@H](O)[C@H]2O)c(=O)[nH]1. The highest BCUT2D eigenvalue weighted by Gasteiger charge is 2.42. The Bertz CT molecular complexity index is 683. The van der Waals surface area contributed by atoms with E-state index in [4.69, 9.17) is 4.74 Å². The van der Waals surface area contributed by atoms with Gasteiger partial charge < -0.3 is 14.9 Å². The molecular weight excluding hydrogens is 379 g/mol. The summed E-state index contributed by atoms with van der Waals surface area (Å²) in [6.07, 6.45) is -0.144. The monoisotopic (exact) mass is 390 g/mol. The summed E-state index contributed by atoms with van der Waals surface area (Å²) >= 11 is 1.86. The van der Waals surface area contributed by atoms with Crippen molar-refractivity contribution in [1.29, 1.82) is 0 Å². The second-order valence-corrected chi connectivity index (χ2v) is 4.63. The van der Waals surface area contributed by atoms with Crippen LogP contribution in [0, 0.1) is 9.85 Å². The highest BCUT2D eigenvalue weighted by atomic mass is 127. The normalized spacial score (nSPS) is 29.4. The van der Waals surface area contributed by atoms with Gasteiger partial charge in [-0.1, -0.05) is 5.92 Å². The molecule has 0 aromatic carbocycles. The number of halogens is 1. The quantitative estimate of drug-likeness (QED) is 0.449. The fraction of sp³-hybridized carbons (Fsp3) is 0.333. The molecule has 1 aromatic heterocycles. The first-order chi connectivity index (χ1) is 9.54. The van der Waals surface area contributed by atoms with Crippen molar-refractivity contribution in [3.8, 4) is 9.85 Å². The van der Waals surface area contributed by atoms with Crippen LogP contribution in [0.5, 0.6) is 0 Å². The van der Waals surface area contributed by atoms with Gasteiger partial charge in [-0.15, -0.1) is 0 Å². The number of hydrogen-bond acceptors (Lipinski definition) is 5. The van der Waals surface area contributed by atoms with E-state index >= 15 is 0 Å². The number of nitrogens with one attached hydrogen (secondary N) is 1. The van der Waals surface area contributed by atoms with Gasteiger partial charge in [0.2, 0.25) is 0 Å². The van der Waals surface area contributed by atoms with E-state index in [1.54, 1.807) is 0 Å². The molecule has 0 unspecified atom stereocenters. The molecule has 7 nitrogen and oxygen atoms in total. The second kappa shape index (κ2) is 6.36. The lowest BCUT2D eigenvalue weighted by Gasteiger charge is -2.16. The molecule has 1 aromatic rings. The first kappa shape index (κ1) is 15.0. The van der Waals surface area contributed by atoms with Crippen molar-refractivity contribution in [3.05, 3.63) is 45.3 Å². The summed E-state index contributed by atoms with van der Waals surface area (Å²) in [6.45, 7) is 0. The van der Waals surface area contributed by atoms with Crippen LogP contribution in [0.2, 0.25) is 0 Å². The topological polar surface area (TPSA) is 105 Å². The molecule has 0 amide bonds. The molecule has 2 heterocycles. The van der Waals surface area contributed by atoms with Gasteiger partial charge in [0.05, 0.1) is 0 Å².